The minimum atomic E-state index is -3.82. The van der Waals surface area contributed by atoms with Crippen molar-refractivity contribution in [2.45, 2.75) is 18.9 Å². The summed E-state index contributed by atoms with van der Waals surface area (Å²) in [4.78, 5) is 16.0. The highest BCUT2D eigenvalue weighted by Gasteiger charge is 2.29. The predicted molar refractivity (Wildman–Crippen MR) is 189 cm³/mol. The molecule has 3 N–H and O–H groups in total. The number of benzene rings is 2. The fourth-order valence-electron chi connectivity index (χ4n) is 5.84. The second kappa shape index (κ2) is 14.2. The van der Waals surface area contributed by atoms with Crippen LogP contribution in [0.25, 0.3) is 0 Å². The van der Waals surface area contributed by atoms with Crippen molar-refractivity contribution in [1.82, 2.24) is 19.8 Å². The summed E-state index contributed by atoms with van der Waals surface area (Å²) in [6.45, 7) is 12.7. The molecule has 0 bridgehead atoms. The average molecular weight is 689 g/mol. The summed E-state index contributed by atoms with van der Waals surface area (Å²) in [5, 5.41) is 8.17. The molecule has 3 heterocycles. The van der Waals surface area contributed by atoms with Crippen LogP contribution in [0.15, 0.2) is 54.6 Å². The van der Waals surface area contributed by atoms with E-state index in [4.69, 9.17) is 16.3 Å². The lowest BCUT2D eigenvalue weighted by Crippen LogP contribution is -2.52. The minimum Gasteiger partial charge on any atom is -0.494 e. The number of rotatable bonds is 11. The van der Waals surface area contributed by atoms with Gasteiger partial charge in [-0.05, 0) is 51.4 Å². The molecule has 0 atom stereocenters. The van der Waals surface area contributed by atoms with Crippen LogP contribution in [0.2, 0.25) is 5.02 Å². The molecule has 0 aliphatic carbocycles. The van der Waals surface area contributed by atoms with Crippen molar-refractivity contribution in [2.75, 3.05) is 87.0 Å². The Morgan fingerprint density at radius 3 is 2.37 bits per heavy atom. The molecule has 248 valence electrons. The summed E-state index contributed by atoms with van der Waals surface area (Å²) >= 11 is 6.46. The number of nitrogens with one attached hydrogen (secondary N) is 3. The predicted octanol–water partition coefficient (Wildman–Crippen LogP) is 4.98. The van der Waals surface area contributed by atoms with Crippen LogP contribution in [0.1, 0.15) is 12.8 Å². The molecule has 5 rings (SSSR count). The third kappa shape index (κ3) is 8.13. The van der Waals surface area contributed by atoms with Gasteiger partial charge in [-0.2, -0.15) is 4.98 Å². The number of hydrogen-bond donors (Lipinski definition) is 3. The first-order valence-corrected chi connectivity index (χ1v) is 19.7. The zero-order valence-corrected chi connectivity index (χ0v) is 29.1. The maximum absolute atomic E-state index is 12.9. The van der Waals surface area contributed by atoms with Gasteiger partial charge in [0.25, 0.3) is 10.0 Å². The van der Waals surface area contributed by atoms with Gasteiger partial charge >= 0.3 is 0 Å². The van der Waals surface area contributed by atoms with Gasteiger partial charge in [0.05, 0.1) is 36.1 Å². The van der Waals surface area contributed by atoms with Gasteiger partial charge in [-0.3, -0.25) is 9.62 Å². The van der Waals surface area contributed by atoms with Crippen LogP contribution in [-0.2, 0) is 14.6 Å². The summed E-state index contributed by atoms with van der Waals surface area (Å²) < 4.78 is 46.7. The van der Waals surface area contributed by atoms with Crippen LogP contribution in [-0.4, -0.2) is 101 Å². The highest BCUT2D eigenvalue weighted by molar-refractivity contribution is 7.95. The Morgan fingerprint density at radius 2 is 1.72 bits per heavy atom. The molecule has 0 spiro atoms. The van der Waals surface area contributed by atoms with Crippen molar-refractivity contribution in [3.05, 3.63) is 59.6 Å². The van der Waals surface area contributed by atoms with Crippen molar-refractivity contribution < 1.29 is 17.7 Å². The molecular formula is C31H42ClN8O4PS. The molecule has 2 aliphatic heterocycles. The van der Waals surface area contributed by atoms with E-state index < -0.39 is 17.2 Å². The first-order valence-electron chi connectivity index (χ1n) is 15.1. The minimum absolute atomic E-state index is 0.192. The summed E-state index contributed by atoms with van der Waals surface area (Å²) in [6, 6.07) is 11.3. The number of sulfonamides is 1. The molecular weight excluding hydrogens is 647 g/mol. The normalized spacial score (nSPS) is 17.0. The van der Waals surface area contributed by atoms with Gasteiger partial charge in [0.2, 0.25) is 5.95 Å². The van der Waals surface area contributed by atoms with Gasteiger partial charge < -0.3 is 29.7 Å². The number of ether oxygens (including phenoxy) is 1. The second-order valence-corrected chi connectivity index (χ2v) is 17.2. The molecule has 1 aromatic heterocycles. The van der Waals surface area contributed by atoms with Gasteiger partial charge in [-0.1, -0.05) is 30.3 Å². The summed E-state index contributed by atoms with van der Waals surface area (Å²) in [7, 11) is -2.70. The van der Waals surface area contributed by atoms with Gasteiger partial charge in [-0.25, -0.2) is 13.4 Å². The van der Waals surface area contributed by atoms with Crippen LogP contribution in [0.5, 0.6) is 5.75 Å². The van der Waals surface area contributed by atoms with E-state index in [1.165, 1.54) is 6.20 Å². The number of methoxy groups -OCH3 is 1. The fraction of sp³-hybridized carbons (Fsp3) is 0.419. The third-order valence-corrected chi connectivity index (χ3v) is 11.1. The van der Waals surface area contributed by atoms with Gasteiger partial charge in [0.15, 0.2) is 5.82 Å². The van der Waals surface area contributed by atoms with E-state index in [0.717, 1.165) is 57.5 Å². The SMILES string of the molecule is C=CS(=O)(=O)Nc1cc(Nc2ncc(Cl)c(Nc3ccccc3P(C)(C)=O)n2)c(OC)cc1N1CCC(N2CCN(C)CC2)CC1. The smallest absolute Gasteiger partial charge is 0.254 e. The maximum atomic E-state index is 12.9. The summed E-state index contributed by atoms with van der Waals surface area (Å²) in [6.07, 6.45) is 3.40. The number of likely N-dealkylation sites (N-methyl/N-ethyl adjacent to an activating group) is 1. The molecule has 0 saturated carbocycles. The Labute approximate surface area is 276 Å². The Balaban J connectivity index is 1.42. The van der Waals surface area contributed by atoms with Crippen LogP contribution in [0.3, 0.4) is 0 Å². The van der Waals surface area contributed by atoms with E-state index in [-0.39, 0.29) is 11.0 Å². The molecule has 2 aliphatic rings. The number of piperidine rings is 1. The van der Waals surface area contributed by atoms with Crippen molar-refractivity contribution >= 4 is 68.6 Å². The Morgan fingerprint density at radius 1 is 1.02 bits per heavy atom. The molecule has 2 saturated heterocycles. The molecule has 2 aromatic carbocycles. The van der Waals surface area contributed by atoms with E-state index in [9.17, 15) is 13.0 Å². The van der Waals surface area contributed by atoms with Gasteiger partial charge in [0.1, 0.15) is 17.9 Å². The van der Waals surface area contributed by atoms with E-state index >= 15 is 0 Å². The van der Waals surface area contributed by atoms with E-state index in [1.54, 1.807) is 26.5 Å². The zero-order valence-electron chi connectivity index (χ0n) is 26.7. The van der Waals surface area contributed by atoms with Gasteiger partial charge in [0, 0.05) is 62.1 Å². The lowest BCUT2D eigenvalue weighted by atomic mass is 10.0. The van der Waals surface area contributed by atoms with Crippen LogP contribution in [0, 0.1) is 0 Å². The van der Waals surface area contributed by atoms with E-state index in [0.29, 0.717) is 45.7 Å². The standard InChI is InChI=1S/C31H42ClN8O4PS/c1-6-46(42,43)37-25-19-26(28(44-3)20-27(25)40-13-11-22(12-14-40)39-17-15-38(2)16-18-39)35-31-33-21-23(32)30(36-31)34-24-9-7-8-10-29(24)45(4,5)41/h6-10,19-22,37H,1,11-18H2,2-5H3,(H2,33,34,35,36). The first kappa shape index (κ1) is 34.0. The van der Waals surface area contributed by atoms with Crippen molar-refractivity contribution in [3.63, 3.8) is 0 Å². The summed E-state index contributed by atoms with van der Waals surface area (Å²) in [5.41, 5.74) is 2.16. The monoisotopic (exact) mass is 688 g/mol. The fourth-order valence-corrected chi connectivity index (χ4v) is 7.69. The largest absolute Gasteiger partial charge is 0.494 e. The molecule has 0 amide bonds. The first-order chi connectivity index (χ1) is 21.9. The molecule has 46 heavy (non-hydrogen) atoms. The van der Waals surface area contributed by atoms with Crippen LogP contribution in [0.4, 0.5) is 34.5 Å². The van der Waals surface area contributed by atoms with Gasteiger partial charge in [-0.15, -0.1) is 0 Å². The van der Waals surface area contributed by atoms with Crippen molar-refractivity contribution in [1.29, 1.82) is 0 Å². The number of para-hydroxylation sites is 1. The molecule has 12 nitrogen and oxygen atoms in total. The average Bonchev–Trinajstić information content (AvgIpc) is 3.03. The molecule has 15 heteroatoms. The molecule has 0 unspecified atom stereocenters. The Bertz CT molecular complexity index is 1720. The van der Waals surface area contributed by atoms with E-state index in [2.05, 4.69) is 53.6 Å². The van der Waals surface area contributed by atoms with Crippen LogP contribution < -0.4 is 30.3 Å². The topological polar surface area (TPSA) is 132 Å². The highest BCUT2D eigenvalue weighted by atomic mass is 35.5. The number of piperazine rings is 1. The molecule has 2 fully saturated rings. The molecule has 3 aromatic rings. The maximum Gasteiger partial charge on any atom is 0.254 e. The molecule has 0 radical (unpaired) electrons. The number of anilines is 6. The number of aromatic nitrogens is 2. The quantitative estimate of drug-likeness (QED) is 0.236. The third-order valence-electron chi connectivity index (χ3n) is 8.38. The number of halogens is 1. The van der Waals surface area contributed by atoms with Crippen molar-refractivity contribution in [3.8, 4) is 5.75 Å². The Hall–Kier alpha value is -3.35. The van der Waals surface area contributed by atoms with Crippen LogP contribution >= 0.6 is 18.7 Å². The summed E-state index contributed by atoms with van der Waals surface area (Å²) in [5.74, 6) is 0.984. The number of hydrogen-bond acceptors (Lipinski definition) is 11. The Kier molecular flexibility index (Phi) is 10.5. The number of nitrogens with zero attached hydrogens (tertiary/aromatic N) is 5. The lowest BCUT2D eigenvalue weighted by Gasteiger charge is -2.43. The second-order valence-electron chi connectivity index (χ2n) is 11.9. The van der Waals surface area contributed by atoms with E-state index in [1.807, 2.05) is 30.3 Å². The zero-order chi connectivity index (χ0) is 33.1. The lowest BCUT2D eigenvalue weighted by molar-refractivity contribution is 0.0982. The highest BCUT2D eigenvalue weighted by Crippen LogP contribution is 2.41. The van der Waals surface area contributed by atoms with Crippen molar-refractivity contribution in [2.24, 2.45) is 0 Å².